The van der Waals surface area contributed by atoms with Gasteiger partial charge in [0.15, 0.2) is 17.3 Å². The van der Waals surface area contributed by atoms with Crippen molar-refractivity contribution in [2.24, 2.45) is 7.05 Å². The zero-order valence-electron chi connectivity index (χ0n) is 20.7. The van der Waals surface area contributed by atoms with E-state index in [0.29, 0.717) is 46.3 Å². The van der Waals surface area contributed by atoms with E-state index in [4.69, 9.17) is 4.74 Å². The minimum Gasteiger partial charge on any atom is -0.456 e. The maximum Gasteiger partial charge on any atom is 0.256 e. The standard InChI is InChI=1S/C26H28N8O3/c1-4-22(35)34-13-5-6-18(15-34)28-25-23-20(11-12-27-24(23)30-31-25)37-19-9-7-17(8-10-19)26(36)29-21-14-16(2)33(3)32-21/h4,7-12,14,18H,1,5-6,13,15H2,2-3H3,(H,29,32,36)(H2,27,28,30,31)/t18-/m1/s1. The number of carbonyl (C=O) groups excluding carboxylic acids is 2. The maximum absolute atomic E-state index is 12.6. The van der Waals surface area contributed by atoms with Crippen LogP contribution in [0.2, 0.25) is 0 Å². The number of piperidine rings is 1. The van der Waals surface area contributed by atoms with Crippen LogP contribution in [-0.2, 0) is 11.8 Å². The summed E-state index contributed by atoms with van der Waals surface area (Å²) in [5.74, 6) is 1.91. The van der Waals surface area contributed by atoms with E-state index in [1.54, 1.807) is 46.1 Å². The summed E-state index contributed by atoms with van der Waals surface area (Å²) in [6.45, 7) is 6.79. The molecule has 3 aromatic heterocycles. The number of nitrogens with zero attached hydrogens (tertiary/aromatic N) is 5. The Morgan fingerprint density at radius 3 is 2.78 bits per heavy atom. The highest BCUT2D eigenvalue weighted by molar-refractivity contribution is 6.03. The number of rotatable bonds is 7. The number of aryl methyl sites for hydroxylation is 2. The third kappa shape index (κ3) is 5.15. The van der Waals surface area contributed by atoms with Gasteiger partial charge in [-0.3, -0.25) is 19.4 Å². The van der Waals surface area contributed by atoms with Crippen LogP contribution in [0.25, 0.3) is 11.0 Å². The fourth-order valence-corrected chi connectivity index (χ4v) is 4.34. The number of amides is 2. The molecule has 1 saturated heterocycles. The van der Waals surface area contributed by atoms with Gasteiger partial charge in [-0.1, -0.05) is 6.58 Å². The molecule has 11 heteroatoms. The summed E-state index contributed by atoms with van der Waals surface area (Å²) in [5, 5.41) is 18.6. The van der Waals surface area contributed by atoms with Gasteiger partial charge in [0.2, 0.25) is 5.91 Å². The number of ether oxygens (including phenoxy) is 1. The summed E-state index contributed by atoms with van der Waals surface area (Å²) < 4.78 is 7.86. The average Bonchev–Trinajstić information content (AvgIpc) is 3.46. The molecule has 0 radical (unpaired) electrons. The van der Waals surface area contributed by atoms with Crippen molar-refractivity contribution in [3.05, 3.63) is 66.5 Å². The first-order valence-corrected chi connectivity index (χ1v) is 12.0. The van der Waals surface area contributed by atoms with Crippen LogP contribution in [-0.4, -0.2) is 60.8 Å². The van der Waals surface area contributed by atoms with Crippen LogP contribution in [0, 0.1) is 6.92 Å². The first-order chi connectivity index (χ1) is 17.9. The number of aromatic amines is 1. The van der Waals surface area contributed by atoms with Crippen LogP contribution in [0.5, 0.6) is 11.5 Å². The van der Waals surface area contributed by atoms with Gasteiger partial charge in [0.05, 0.1) is 0 Å². The summed E-state index contributed by atoms with van der Waals surface area (Å²) in [4.78, 5) is 30.8. The highest BCUT2D eigenvalue weighted by Gasteiger charge is 2.24. The number of anilines is 2. The number of H-pyrrole nitrogens is 1. The molecule has 4 aromatic rings. The van der Waals surface area contributed by atoms with Crippen molar-refractivity contribution in [2.45, 2.75) is 25.8 Å². The van der Waals surface area contributed by atoms with Crippen molar-refractivity contribution < 1.29 is 14.3 Å². The molecule has 0 saturated carbocycles. The van der Waals surface area contributed by atoms with E-state index in [0.717, 1.165) is 25.1 Å². The summed E-state index contributed by atoms with van der Waals surface area (Å²) in [6, 6.07) is 10.5. The molecule has 190 valence electrons. The summed E-state index contributed by atoms with van der Waals surface area (Å²) in [7, 11) is 1.82. The lowest BCUT2D eigenvalue weighted by molar-refractivity contribution is -0.127. The van der Waals surface area contributed by atoms with Gasteiger partial charge in [0, 0.05) is 55.8 Å². The van der Waals surface area contributed by atoms with Crippen molar-refractivity contribution in [1.82, 2.24) is 29.9 Å². The molecular weight excluding hydrogens is 472 g/mol. The Hall–Kier alpha value is -4.67. The van der Waals surface area contributed by atoms with Gasteiger partial charge in [-0.15, -0.1) is 0 Å². The Labute approximate surface area is 213 Å². The molecule has 5 rings (SSSR count). The van der Waals surface area contributed by atoms with Gasteiger partial charge in [0.25, 0.3) is 5.91 Å². The summed E-state index contributed by atoms with van der Waals surface area (Å²) in [6.07, 6.45) is 4.78. The van der Waals surface area contributed by atoms with Gasteiger partial charge >= 0.3 is 0 Å². The van der Waals surface area contributed by atoms with Crippen LogP contribution in [0.1, 0.15) is 28.9 Å². The number of hydrogen-bond donors (Lipinski definition) is 3. The Morgan fingerprint density at radius 1 is 1.24 bits per heavy atom. The largest absolute Gasteiger partial charge is 0.456 e. The first-order valence-electron chi connectivity index (χ1n) is 12.0. The number of aromatic nitrogens is 5. The maximum atomic E-state index is 12.6. The number of fused-ring (bicyclic) bond motifs is 1. The quantitative estimate of drug-likeness (QED) is 0.330. The van der Waals surface area contributed by atoms with Crippen molar-refractivity contribution in [2.75, 3.05) is 23.7 Å². The predicted octanol–water partition coefficient (Wildman–Crippen LogP) is 3.63. The molecule has 0 bridgehead atoms. The highest BCUT2D eigenvalue weighted by Crippen LogP contribution is 2.33. The normalized spacial score (nSPS) is 15.4. The van der Waals surface area contributed by atoms with E-state index < -0.39 is 0 Å². The molecule has 3 N–H and O–H groups in total. The molecule has 1 aliphatic heterocycles. The molecule has 2 amide bonds. The lowest BCUT2D eigenvalue weighted by atomic mass is 10.1. The fraction of sp³-hybridized carbons (Fsp3) is 0.269. The zero-order valence-corrected chi connectivity index (χ0v) is 20.7. The second-order valence-corrected chi connectivity index (χ2v) is 8.95. The van der Waals surface area contributed by atoms with Crippen LogP contribution in [0.15, 0.2) is 55.3 Å². The fourth-order valence-electron chi connectivity index (χ4n) is 4.34. The second-order valence-electron chi connectivity index (χ2n) is 8.95. The topological polar surface area (TPSA) is 130 Å². The number of carbonyl (C=O) groups is 2. The monoisotopic (exact) mass is 500 g/mol. The third-order valence-corrected chi connectivity index (χ3v) is 6.37. The van der Waals surface area contributed by atoms with Crippen LogP contribution >= 0.6 is 0 Å². The molecule has 37 heavy (non-hydrogen) atoms. The molecule has 1 atom stereocenters. The number of pyridine rings is 1. The van der Waals surface area contributed by atoms with Crippen LogP contribution in [0.3, 0.4) is 0 Å². The third-order valence-electron chi connectivity index (χ3n) is 6.37. The van der Waals surface area contributed by atoms with Crippen molar-refractivity contribution in [1.29, 1.82) is 0 Å². The molecule has 1 fully saturated rings. The molecule has 11 nitrogen and oxygen atoms in total. The Kier molecular flexibility index (Phi) is 6.59. The van der Waals surface area contributed by atoms with E-state index >= 15 is 0 Å². The van der Waals surface area contributed by atoms with E-state index in [2.05, 4.69) is 37.5 Å². The van der Waals surface area contributed by atoms with Gasteiger partial charge in [0.1, 0.15) is 16.9 Å². The second kappa shape index (κ2) is 10.1. The SMILES string of the molecule is C=CC(=O)N1CCC[C@@H](Nc2n[nH]c3nccc(Oc4ccc(C(=O)Nc5cc(C)n(C)n5)cc4)c23)C1. The van der Waals surface area contributed by atoms with Crippen LogP contribution in [0.4, 0.5) is 11.6 Å². The number of hydrogen-bond acceptors (Lipinski definition) is 7. The Morgan fingerprint density at radius 2 is 2.05 bits per heavy atom. The molecular formula is C26H28N8O3. The number of likely N-dealkylation sites (tertiary alicyclic amines) is 1. The smallest absolute Gasteiger partial charge is 0.256 e. The van der Waals surface area contributed by atoms with Crippen molar-refractivity contribution in [3.63, 3.8) is 0 Å². The number of benzene rings is 1. The van der Waals surface area contributed by atoms with Crippen molar-refractivity contribution >= 4 is 34.5 Å². The average molecular weight is 501 g/mol. The minimum atomic E-state index is -0.256. The molecule has 1 aromatic carbocycles. The van der Waals surface area contributed by atoms with Gasteiger partial charge < -0.3 is 20.3 Å². The molecule has 0 spiro atoms. The highest BCUT2D eigenvalue weighted by atomic mass is 16.5. The van der Waals surface area contributed by atoms with E-state index in [9.17, 15) is 9.59 Å². The van der Waals surface area contributed by atoms with E-state index in [-0.39, 0.29) is 17.9 Å². The van der Waals surface area contributed by atoms with Gasteiger partial charge in [-0.05, 0) is 50.1 Å². The van der Waals surface area contributed by atoms with E-state index in [1.165, 1.54) is 6.08 Å². The summed E-state index contributed by atoms with van der Waals surface area (Å²) >= 11 is 0. The van der Waals surface area contributed by atoms with Gasteiger partial charge in [-0.25, -0.2) is 4.98 Å². The number of nitrogens with one attached hydrogen (secondary N) is 3. The minimum absolute atomic E-state index is 0.0397. The van der Waals surface area contributed by atoms with Crippen LogP contribution < -0.4 is 15.4 Å². The summed E-state index contributed by atoms with van der Waals surface area (Å²) in [5.41, 5.74) is 2.01. The molecule has 0 unspecified atom stereocenters. The zero-order chi connectivity index (χ0) is 25.9. The van der Waals surface area contributed by atoms with Gasteiger partial charge in [-0.2, -0.15) is 10.2 Å². The van der Waals surface area contributed by atoms with E-state index in [1.807, 2.05) is 20.0 Å². The Bertz CT molecular complexity index is 1440. The lowest BCUT2D eigenvalue weighted by Crippen LogP contribution is -2.44. The predicted molar refractivity (Wildman–Crippen MR) is 140 cm³/mol. The van der Waals surface area contributed by atoms with Crippen molar-refractivity contribution in [3.8, 4) is 11.5 Å². The molecule has 4 heterocycles. The molecule has 1 aliphatic rings. The lowest BCUT2D eigenvalue weighted by Gasteiger charge is -2.32. The molecule has 0 aliphatic carbocycles. The first kappa shape index (κ1) is 24.0. The Balaban J connectivity index is 1.30.